The lowest BCUT2D eigenvalue weighted by Gasteiger charge is -2.13. The summed E-state index contributed by atoms with van der Waals surface area (Å²) in [6, 6.07) is 7.21. The summed E-state index contributed by atoms with van der Waals surface area (Å²) in [7, 11) is 1.17. The lowest BCUT2D eigenvalue weighted by Crippen LogP contribution is -2.10. The van der Waals surface area contributed by atoms with E-state index in [0.717, 1.165) is 0 Å². The molecule has 146 valence electrons. The van der Waals surface area contributed by atoms with Gasteiger partial charge in [0.1, 0.15) is 12.4 Å². The minimum atomic E-state index is -0.754. The molecule has 0 fully saturated rings. The molecular formula is C18H13N5O6. The van der Waals surface area contributed by atoms with Crippen LogP contribution in [0.3, 0.4) is 0 Å². The second-order valence-electron chi connectivity index (χ2n) is 5.77. The normalized spacial score (nSPS) is 10.4. The van der Waals surface area contributed by atoms with Gasteiger partial charge in [0.15, 0.2) is 0 Å². The summed E-state index contributed by atoms with van der Waals surface area (Å²) >= 11 is 0. The van der Waals surface area contributed by atoms with Gasteiger partial charge in [-0.2, -0.15) is 0 Å². The third-order valence-electron chi connectivity index (χ3n) is 4.08. The van der Waals surface area contributed by atoms with E-state index in [4.69, 9.17) is 4.74 Å². The van der Waals surface area contributed by atoms with Crippen molar-refractivity contribution in [2.45, 2.75) is 6.92 Å². The molecule has 0 bridgehead atoms. The van der Waals surface area contributed by atoms with Crippen molar-refractivity contribution < 1.29 is 19.4 Å². The van der Waals surface area contributed by atoms with Crippen molar-refractivity contribution in [3.05, 3.63) is 74.2 Å². The molecule has 11 nitrogen and oxygen atoms in total. The highest BCUT2D eigenvalue weighted by Gasteiger charge is 2.27. The van der Waals surface area contributed by atoms with Gasteiger partial charge in [-0.1, -0.05) is 0 Å². The summed E-state index contributed by atoms with van der Waals surface area (Å²) in [5.41, 5.74) is 0.584. The third kappa shape index (κ3) is 3.60. The number of hydrogen-bond acceptors (Lipinski definition) is 9. The Labute approximate surface area is 163 Å². The smallest absolute Gasteiger partial charge is 0.372 e. The molecule has 3 aromatic rings. The largest absolute Gasteiger partial charge is 0.465 e. The number of carbonyl (C=O) groups excluding carboxylic acids is 1. The molecule has 0 saturated carbocycles. The molecule has 3 aromatic heterocycles. The minimum Gasteiger partial charge on any atom is -0.465 e. The number of esters is 1. The van der Waals surface area contributed by atoms with Crippen LogP contribution in [0.25, 0.3) is 22.4 Å². The van der Waals surface area contributed by atoms with Crippen LogP contribution < -0.4 is 0 Å². The molecular weight excluding hydrogens is 382 g/mol. The maximum atomic E-state index is 12.4. The first-order valence-electron chi connectivity index (χ1n) is 8.14. The molecule has 0 saturated heterocycles. The predicted molar refractivity (Wildman–Crippen MR) is 100 cm³/mol. The van der Waals surface area contributed by atoms with Gasteiger partial charge in [-0.15, -0.1) is 0 Å². The number of nitrogens with zero attached hydrogens (tertiary/aromatic N) is 5. The summed E-state index contributed by atoms with van der Waals surface area (Å²) in [6.45, 7) is 1.50. The van der Waals surface area contributed by atoms with Crippen molar-refractivity contribution in [1.82, 2.24) is 15.0 Å². The molecule has 0 aliphatic rings. The lowest BCUT2D eigenvalue weighted by molar-refractivity contribution is -0.388. The van der Waals surface area contributed by atoms with Crippen LogP contribution in [0, 0.1) is 27.2 Å². The Morgan fingerprint density at radius 3 is 2.07 bits per heavy atom. The maximum absolute atomic E-state index is 12.4. The Morgan fingerprint density at radius 2 is 1.52 bits per heavy atom. The zero-order valence-corrected chi connectivity index (χ0v) is 15.2. The molecule has 0 aliphatic heterocycles. The quantitative estimate of drug-likeness (QED) is 0.360. The highest BCUT2D eigenvalue weighted by Crippen LogP contribution is 2.36. The lowest BCUT2D eigenvalue weighted by atomic mass is 9.97. The Bertz CT molecular complexity index is 1150. The summed E-state index contributed by atoms with van der Waals surface area (Å²) in [4.78, 5) is 45.6. The van der Waals surface area contributed by atoms with Gasteiger partial charge in [-0.05, 0) is 57.1 Å². The summed E-state index contributed by atoms with van der Waals surface area (Å²) in [5.74, 6) is -1.66. The number of methoxy groups -OCH3 is 1. The zero-order valence-electron chi connectivity index (χ0n) is 15.2. The number of pyridine rings is 3. The molecule has 0 atom stereocenters. The van der Waals surface area contributed by atoms with Gasteiger partial charge in [0.2, 0.25) is 0 Å². The molecule has 11 heteroatoms. The summed E-state index contributed by atoms with van der Waals surface area (Å²) in [6.07, 6.45) is 2.52. The van der Waals surface area contributed by atoms with E-state index in [1.807, 2.05) is 0 Å². The first-order chi connectivity index (χ1) is 13.8. The van der Waals surface area contributed by atoms with Gasteiger partial charge < -0.3 is 25.0 Å². The van der Waals surface area contributed by atoms with E-state index in [2.05, 4.69) is 15.0 Å². The molecule has 0 unspecified atom stereocenters. The van der Waals surface area contributed by atoms with Crippen LogP contribution in [0.15, 0.2) is 42.7 Å². The van der Waals surface area contributed by atoms with Gasteiger partial charge in [-0.3, -0.25) is 4.98 Å². The zero-order chi connectivity index (χ0) is 21.1. The first-order valence-corrected chi connectivity index (χ1v) is 8.14. The van der Waals surface area contributed by atoms with E-state index in [1.54, 1.807) is 0 Å². The fourth-order valence-corrected chi connectivity index (χ4v) is 2.88. The fourth-order valence-electron chi connectivity index (χ4n) is 2.88. The Balaban J connectivity index is 2.38. The highest BCUT2D eigenvalue weighted by molar-refractivity contribution is 6.00. The van der Waals surface area contributed by atoms with Gasteiger partial charge in [-0.25, -0.2) is 4.79 Å². The number of nitro groups is 2. The number of aryl methyl sites for hydroxylation is 1. The molecule has 0 amide bonds. The van der Waals surface area contributed by atoms with E-state index < -0.39 is 27.5 Å². The van der Waals surface area contributed by atoms with Gasteiger partial charge >= 0.3 is 17.6 Å². The number of rotatable bonds is 5. The van der Waals surface area contributed by atoms with Crippen molar-refractivity contribution in [2.75, 3.05) is 7.11 Å². The third-order valence-corrected chi connectivity index (χ3v) is 4.08. The standard InChI is InChI=1S/C18H13N5O6/c1-10-15(18(24)29-2)13(11-5-3-7-19-16(11)22(25)26)9-14(21-10)12-6-4-8-20-17(12)23(27)28/h3-9H,1-2H3. The predicted octanol–water partition coefficient (Wildman–Crippen LogP) is 3.12. The van der Waals surface area contributed by atoms with Crippen LogP contribution in [0.2, 0.25) is 0 Å². The van der Waals surface area contributed by atoms with Crippen LogP contribution >= 0.6 is 0 Å². The second-order valence-corrected chi connectivity index (χ2v) is 5.77. The molecule has 0 radical (unpaired) electrons. The van der Waals surface area contributed by atoms with Crippen LogP contribution in [0.4, 0.5) is 11.6 Å². The van der Waals surface area contributed by atoms with E-state index in [0.29, 0.717) is 0 Å². The number of carbonyl (C=O) groups is 1. The number of ether oxygens (including phenoxy) is 1. The highest BCUT2D eigenvalue weighted by atomic mass is 16.6. The Hall–Kier alpha value is -4.28. The molecule has 0 N–H and O–H groups in total. The van der Waals surface area contributed by atoms with Crippen LogP contribution in [0.5, 0.6) is 0 Å². The van der Waals surface area contributed by atoms with Crippen LogP contribution in [-0.4, -0.2) is 37.9 Å². The molecule has 29 heavy (non-hydrogen) atoms. The molecule has 0 spiro atoms. The topological polar surface area (TPSA) is 151 Å². The van der Waals surface area contributed by atoms with E-state index in [9.17, 15) is 25.0 Å². The van der Waals surface area contributed by atoms with Crippen molar-refractivity contribution in [3.8, 4) is 22.4 Å². The molecule has 0 aliphatic carbocycles. The molecule has 3 rings (SSSR count). The number of aromatic nitrogens is 3. The van der Waals surface area contributed by atoms with Crippen molar-refractivity contribution in [1.29, 1.82) is 0 Å². The Kier molecular flexibility index (Phi) is 5.21. The van der Waals surface area contributed by atoms with Crippen molar-refractivity contribution >= 4 is 17.6 Å². The first kappa shape index (κ1) is 19.5. The summed E-state index contributed by atoms with van der Waals surface area (Å²) < 4.78 is 4.80. The van der Waals surface area contributed by atoms with E-state index in [-0.39, 0.29) is 33.6 Å². The van der Waals surface area contributed by atoms with E-state index >= 15 is 0 Å². The SMILES string of the molecule is COC(=O)c1c(-c2cccnc2[N+](=O)[O-])cc(-c2cccnc2[N+](=O)[O-])nc1C. The second kappa shape index (κ2) is 7.76. The fraction of sp³-hybridized carbons (Fsp3) is 0.111. The average molecular weight is 395 g/mol. The van der Waals surface area contributed by atoms with Gasteiger partial charge in [0, 0.05) is 5.56 Å². The monoisotopic (exact) mass is 395 g/mol. The van der Waals surface area contributed by atoms with E-state index in [1.165, 1.54) is 56.8 Å². The molecule has 0 aromatic carbocycles. The van der Waals surface area contributed by atoms with Crippen molar-refractivity contribution in [2.24, 2.45) is 0 Å². The summed E-state index contributed by atoms with van der Waals surface area (Å²) in [5, 5.41) is 22.8. The van der Waals surface area contributed by atoms with Gasteiger partial charge in [0.05, 0.1) is 35.2 Å². The maximum Gasteiger partial charge on any atom is 0.372 e. The van der Waals surface area contributed by atoms with Crippen LogP contribution in [0.1, 0.15) is 16.1 Å². The van der Waals surface area contributed by atoms with Crippen molar-refractivity contribution in [3.63, 3.8) is 0 Å². The van der Waals surface area contributed by atoms with Crippen LogP contribution in [-0.2, 0) is 4.74 Å². The van der Waals surface area contributed by atoms with Gasteiger partial charge in [0.25, 0.3) is 0 Å². The molecule has 3 heterocycles. The average Bonchev–Trinajstić information content (AvgIpc) is 2.72. The minimum absolute atomic E-state index is 0.00102. The number of hydrogen-bond donors (Lipinski definition) is 0. The Morgan fingerprint density at radius 1 is 0.966 bits per heavy atom.